The molecule has 1 fully saturated rings. The first kappa shape index (κ1) is 16.8. The van der Waals surface area contributed by atoms with Crippen molar-refractivity contribution in [3.63, 3.8) is 0 Å². The highest BCUT2D eigenvalue weighted by Gasteiger charge is 2.23. The molecule has 1 unspecified atom stereocenters. The molecule has 3 aromatic rings. The van der Waals surface area contributed by atoms with E-state index in [0.29, 0.717) is 36.1 Å². The second-order valence-electron chi connectivity index (χ2n) is 6.86. The average molecular weight is 354 g/mol. The SMILES string of the molecule is COc1ccc(C(C)C)cc1-c1cnc2[nH]c(=O)n(C3CCOC3)c2n1. The lowest BCUT2D eigenvalue weighted by atomic mass is 9.99. The van der Waals surface area contributed by atoms with Gasteiger partial charge in [0, 0.05) is 12.2 Å². The van der Waals surface area contributed by atoms with E-state index in [1.807, 2.05) is 6.07 Å². The molecule has 0 saturated carbocycles. The van der Waals surface area contributed by atoms with Crippen LogP contribution in [0.3, 0.4) is 0 Å². The van der Waals surface area contributed by atoms with Crippen molar-refractivity contribution >= 4 is 11.3 Å². The van der Waals surface area contributed by atoms with Crippen molar-refractivity contribution < 1.29 is 9.47 Å². The minimum absolute atomic E-state index is 0.00954. The van der Waals surface area contributed by atoms with Crippen molar-refractivity contribution in [3.8, 4) is 17.0 Å². The van der Waals surface area contributed by atoms with Gasteiger partial charge in [0.15, 0.2) is 11.3 Å². The van der Waals surface area contributed by atoms with Crippen LogP contribution in [0.25, 0.3) is 22.6 Å². The smallest absolute Gasteiger partial charge is 0.329 e. The molecular formula is C19H22N4O3. The maximum absolute atomic E-state index is 12.4. The van der Waals surface area contributed by atoms with Crippen LogP contribution in [0.5, 0.6) is 5.75 Å². The molecule has 2 aromatic heterocycles. The quantitative estimate of drug-likeness (QED) is 0.779. The van der Waals surface area contributed by atoms with Crippen molar-refractivity contribution in [1.29, 1.82) is 0 Å². The molecule has 1 aliphatic heterocycles. The lowest BCUT2D eigenvalue weighted by molar-refractivity contribution is 0.186. The van der Waals surface area contributed by atoms with E-state index in [4.69, 9.17) is 14.5 Å². The highest BCUT2D eigenvalue weighted by Crippen LogP contribution is 2.32. The second kappa shape index (κ2) is 6.57. The highest BCUT2D eigenvalue weighted by atomic mass is 16.5. The number of ether oxygens (including phenoxy) is 2. The van der Waals surface area contributed by atoms with E-state index in [1.165, 1.54) is 5.56 Å². The fraction of sp³-hybridized carbons (Fsp3) is 0.421. The Bertz CT molecular complexity index is 1000. The summed E-state index contributed by atoms with van der Waals surface area (Å²) in [5, 5.41) is 0. The third kappa shape index (κ3) is 2.78. The summed E-state index contributed by atoms with van der Waals surface area (Å²) >= 11 is 0. The molecule has 0 aliphatic carbocycles. The minimum atomic E-state index is -0.199. The van der Waals surface area contributed by atoms with Gasteiger partial charge in [-0.05, 0) is 30.0 Å². The number of hydrogen-bond acceptors (Lipinski definition) is 5. The monoisotopic (exact) mass is 354 g/mol. The van der Waals surface area contributed by atoms with E-state index < -0.39 is 0 Å². The Balaban J connectivity index is 1.89. The number of nitrogens with zero attached hydrogens (tertiary/aromatic N) is 3. The van der Waals surface area contributed by atoms with E-state index >= 15 is 0 Å². The van der Waals surface area contributed by atoms with Crippen molar-refractivity contribution in [2.75, 3.05) is 20.3 Å². The summed E-state index contributed by atoms with van der Waals surface area (Å²) in [6.07, 6.45) is 2.47. The van der Waals surface area contributed by atoms with E-state index in [2.05, 4.69) is 35.9 Å². The molecule has 0 spiro atoms. The number of H-pyrrole nitrogens is 1. The molecule has 7 heteroatoms. The molecule has 4 rings (SSSR count). The lowest BCUT2D eigenvalue weighted by Crippen LogP contribution is -2.22. The molecule has 1 N–H and O–H groups in total. The normalized spacial score (nSPS) is 17.3. The maximum Gasteiger partial charge on any atom is 0.329 e. The number of aromatic nitrogens is 4. The number of hydrogen-bond donors (Lipinski definition) is 1. The van der Waals surface area contributed by atoms with Crippen LogP contribution in [0.4, 0.5) is 0 Å². The van der Waals surface area contributed by atoms with Gasteiger partial charge in [0.2, 0.25) is 0 Å². The topological polar surface area (TPSA) is 82.0 Å². The molecule has 26 heavy (non-hydrogen) atoms. The second-order valence-corrected chi connectivity index (χ2v) is 6.86. The Hall–Kier alpha value is -2.67. The van der Waals surface area contributed by atoms with Gasteiger partial charge in [0.05, 0.1) is 31.6 Å². The van der Waals surface area contributed by atoms with Crippen LogP contribution >= 0.6 is 0 Å². The molecule has 7 nitrogen and oxygen atoms in total. The first-order chi connectivity index (χ1) is 12.6. The van der Waals surface area contributed by atoms with E-state index in [1.54, 1.807) is 17.9 Å². The van der Waals surface area contributed by atoms with Crippen LogP contribution in [-0.2, 0) is 4.74 Å². The summed E-state index contributed by atoms with van der Waals surface area (Å²) < 4.78 is 12.6. The molecule has 1 aliphatic rings. The first-order valence-corrected chi connectivity index (χ1v) is 8.81. The first-order valence-electron chi connectivity index (χ1n) is 8.81. The number of benzene rings is 1. The van der Waals surface area contributed by atoms with Crippen molar-refractivity contribution in [3.05, 3.63) is 40.4 Å². The van der Waals surface area contributed by atoms with E-state index in [0.717, 1.165) is 17.7 Å². The third-order valence-corrected chi connectivity index (χ3v) is 4.86. The summed E-state index contributed by atoms with van der Waals surface area (Å²) in [5.41, 5.74) is 3.60. The number of imidazole rings is 1. The van der Waals surface area contributed by atoms with Crippen LogP contribution < -0.4 is 10.4 Å². The van der Waals surface area contributed by atoms with Crippen LogP contribution in [0.1, 0.15) is 37.8 Å². The molecule has 3 heterocycles. The van der Waals surface area contributed by atoms with Crippen LogP contribution in [0, 0.1) is 0 Å². The van der Waals surface area contributed by atoms with Gasteiger partial charge in [-0.25, -0.2) is 14.8 Å². The van der Waals surface area contributed by atoms with Gasteiger partial charge in [-0.15, -0.1) is 0 Å². The standard InChI is InChI=1S/C19H22N4O3/c1-11(2)12-4-5-16(25-3)14(8-12)15-9-20-17-18(21-15)23(19(24)22-17)13-6-7-26-10-13/h4-5,8-9,11,13H,6-7,10H2,1-3H3,(H,20,22,24). The maximum atomic E-state index is 12.4. The van der Waals surface area contributed by atoms with Gasteiger partial charge in [-0.1, -0.05) is 19.9 Å². The predicted molar refractivity (Wildman–Crippen MR) is 98.7 cm³/mol. The Morgan fingerprint density at radius 3 is 2.92 bits per heavy atom. The van der Waals surface area contributed by atoms with Crippen molar-refractivity contribution in [2.24, 2.45) is 0 Å². The molecule has 0 amide bonds. The Morgan fingerprint density at radius 2 is 2.23 bits per heavy atom. The zero-order chi connectivity index (χ0) is 18.3. The van der Waals surface area contributed by atoms with Crippen LogP contribution in [-0.4, -0.2) is 39.8 Å². The largest absolute Gasteiger partial charge is 0.496 e. The Morgan fingerprint density at radius 1 is 1.38 bits per heavy atom. The van der Waals surface area contributed by atoms with Crippen LogP contribution in [0.15, 0.2) is 29.2 Å². The Labute approximate surface area is 151 Å². The summed E-state index contributed by atoms with van der Waals surface area (Å²) in [7, 11) is 1.64. The molecule has 136 valence electrons. The van der Waals surface area contributed by atoms with Crippen molar-refractivity contribution in [2.45, 2.75) is 32.2 Å². The molecule has 1 atom stereocenters. The summed E-state index contributed by atoms with van der Waals surface area (Å²) in [4.78, 5) is 24.4. The summed E-state index contributed by atoms with van der Waals surface area (Å²) in [6, 6.07) is 6.07. The van der Waals surface area contributed by atoms with Gasteiger partial charge in [0.1, 0.15) is 5.75 Å². The fourth-order valence-corrected chi connectivity index (χ4v) is 3.37. The molecule has 0 bridgehead atoms. The number of fused-ring (bicyclic) bond motifs is 1. The van der Waals surface area contributed by atoms with Crippen LogP contribution in [0.2, 0.25) is 0 Å². The van der Waals surface area contributed by atoms with Gasteiger partial charge in [-0.2, -0.15) is 0 Å². The summed E-state index contributed by atoms with van der Waals surface area (Å²) in [5.74, 6) is 1.12. The minimum Gasteiger partial charge on any atom is -0.496 e. The van der Waals surface area contributed by atoms with Gasteiger partial charge in [0.25, 0.3) is 0 Å². The third-order valence-electron chi connectivity index (χ3n) is 4.86. The van der Waals surface area contributed by atoms with Gasteiger partial charge < -0.3 is 9.47 Å². The molecule has 1 saturated heterocycles. The fourth-order valence-electron chi connectivity index (χ4n) is 3.37. The van der Waals surface area contributed by atoms with Gasteiger partial charge in [-0.3, -0.25) is 9.55 Å². The molecular weight excluding hydrogens is 332 g/mol. The number of methoxy groups -OCH3 is 1. The Kier molecular flexibility index (Phi) is 4.24. The number of rotatable bonds is 4. The number of nitrogens with one attached hydrogen (secondary N) is 1. The molecule has 1 aromatic carbocycles. The number of aromatic amines is 1. The zero-order valence-electron chi connectivity index (χ0n) is 15.2. The average Bonchev–Trinajstić information content (AvgIpc) is 3.26. The van der Waals surface area contributed by atoms with Crippen molar-refractivity contribution in [1.82, 2.24) is 19.5 Å². The highest BCUT2D eigenvalue weighted by molar-refractivity contribution is 5.74. The van der Waals surface area contributed by atoms with E-state index in [9.17, 15) is 4.79 Å². The zero-order valence-corrected chi connectivity index (χ0v) is 15.2. The molecule has 0 radical (unpaired) electrons. The van der Waals surface area contributed by atoms with E-state index in [-0.39, 0.29) is 11.7 Å². The predicted octanol–water partition coefficient (Wildman–Crippen LogP) is 2.88. The lowest BCUT2D eigenvalue weighted by Gasteiger charge is -2.13. The summed E-state index contributed by atoms with van der Waals surface area (Å²) in [6.45, 7) is 5.46. The van der Waals surface area contributed by atoms with Gasteiger partial charge >= 0.3 is 5.69 Å².